The van der Waals surface area contributed by atoms with Gasteiger partial charge in [-0.1, -0.05) is 36.4 Å². The molecule has 0 saturated carbocycles. The van der Waals surface area contributed by atoms with E-state index in [9.17, 15) is 10.2 Å². The molecular weight excluding hydrogens is 392 g/mol. The molecule has 0 aliphatic heterocycles. The summed E-state index contributed by atoms with van der Waals surface area (Å²) in [5.74, 6) is 1.65. The monoisotopic (exact) mass is 432 g/mol. The van der Waals surface area contributed by atoms with E-state index in [0.29, 0.717) is 26.2 Å². The lowest BCUT2D eigenvalue weighted by atomic mass is 10.2. The molecule has 0 aliphatic rings. The molecule has 0 bridgehead atoms. The first kappa shape index (κ1) is 25.1. The Balaban J connectivity index is 1.32. The zero-order valence-corrected chi connectivity index (χ0v) is 18.6. The van der Waals surface area contributed by atoms with Gasteiger partial charge in [0.05, 0.1) is 19.7 Å². The topological polar surface area (TPSA) is 92.1 Å². The average Bonchev–Trinajstić information content (AvgIpc) is 2.80. The van der Waals surface area contributed by atoms with Crippen LogP contribution in [0, 0.1) is 0 Å². The van der Waals surface area contributed by atoms with Crippen molar-refractivity contribution in [1.29, 1.82) is 0 Å². The van der Waals surface area contributed by atoms with Crippen molar-refractivity contribution in [3.8, 4) is 11.5 Å². The number of ether oxygens (including phenoxy) is 2. The van der Waals surface area contributed by atoms with E-state index in [0.717, 1.165) is 37.6 Å². The van der Waals surface area contributed by atoms with Crippen molar-refractivity contribution in [2.45, 2.75) is 44.3 Å². The fraction of sp³-hybridized carbons (Fsp3) is 0.520. The summed E-state index contributed by atoms with van der Waals surface area (Å²) in [5, 5.41) is 24.4. The van der Waals surface area contributed by atoms with Crippen molar-refractivity contribution < 1.29 is 30.3 Å². The van der Waals surface area contributed by atoms with Crippen LogP contribution in [0.1, 0.15) is 32.1 Å². The molecule has 172 valence electrons. The van der Waals surface area contributed by atoms with E-state index in [4.69, 9.17) is 9.47 Å². The molecule has 0 amide bonds. The minimum absolute atomic E-state index is 0.324. The number of para-hydroxylation sites is 2. The Labute approximate surface area is 186 Å². The van der Waals surface area contributed by atoms with E-state index in [1.54, 1.807) is 0 Å². The molecule has 6 nitrogen and oxygen atoms in total. The lowest BCUT2D eigenvalue weighted by Crippen LogP contribution is -2.86. The summed E-state index contributed by atoms with van der Waals surface area (Å²) in [4.78, 5) is 0. The molecule has 6 N–H and O–H groups in total. The molecule has 0 unspecified atom stereocenters. The van der Waals surface area contributed by atoms with Crippen LogP contribution >= 0.6 is 0 Å². The van der Waals surface area contributed by atoms with Gasteiger partial charge in [-0.2, -0.15) is 0 Å². The first-order chi connectivity index (χ1) is 15.2. The number of benzene rings is 2. The van der Waals surface area contributed by atoms with Gasteiger partial charge < -0.3 is 30.3 Å². The van der Waals surface area contributed by atoms with Crippen LogP contribution < -0.4 is 20.1 Å². The maximum absolute atomic E-state index is 10.0. The standard InChI is InChI=1S/C25H38N2O4/c28-22(15-18-30-24-11-5-3-6-12-24)19-26-16-9-1-2-10-17-27-20-23(29)21-31-25-13-7-4-8-14-25/h3-8,11-14,22-23,26-29H,1-2,9-10,15-21H2/p+2/t22-,23+/m0/s1. The van der Waals surface area contributed by atoms with Crippen LogP contribution in [-0.4, -0.2) is 61.8 Å². The molecule has 2 aromatic carbocycles. The third kappa shape index (κ3) is 13.0. The summed E-state index contributed by atoms with van der Waals surface area (Å²) in [6.45, 7) is 4.37. The van der Waals surface area contributed by atoms with Crippen molar-refractivity contribution in [1.82, 2.24) is 0 Å². The fourth-order valence-electron chi connectivity index (χ4n) is 3.28. The number of aliphatic hydroxyl groups excluding tert-OH is 2. The number of nitrogens with two attached hydrogens (primary N) is 2. The molecule has 0 saturated heterocycles. The summed E-state index contributed by atoms with van der Waals surface area (Å²) in [7, 11) is 0. The molecule has 0 spiro atoms. The predicted octanol–water partition coefficient (Wildman–Crippen LogP) is 0.944. The highest BCUT2D eigenvalue weighted by molar-refractivity contribution is 5.21. The molecule has 0 fully saturated rings. The molecule has 0 aromatic heterocycles. The first-order valence-corrected chi connectivity index (χ1v) is 11.6. The number of unbranched alkanes of at least 4 members (excludes halogenated alkanes) is 3. The predicted molar refractivity (Wildman–Crippen MR) is 122 cm³/mol. The van der Waals surface area contributed by atoms with E-state index in [2.05, 4.69) is 10.6 Å². The van der Waals surface area contributed by atoms with Gasteiger partial charge in [-0.3, -0.25) is 0 Å². The Bertz CT molecular complexity index is 657. The quantitative estimate of drug-likeness (QED) is 0.264. The Morgan fingerprint density at radius 3 is 1.74 bits per heavy atom. The van der Waals surface area contributed by atoms with Gasteiger partial charge in [0.15, 0.2) is 0 Å². The van der Waals surface area contributed by atoms with Gasteiger partial charge in [0.2, 0.25) is 0 Å². The van der Waals surface area contributed by atoms with Crippen LogP contribution in [0.3, 0.4) is 0 Å². The van der Waals surface area contributed by atoms with Crippen molar-refractivity contribution in [2.75, 3.05) is 39.4 Å². The van der Waals surface area contributed by atoms with Gasteiger partial charge in [0.25, 0.3) is 0 Å². The van der Waals surface area contributed by atoms with Gasteiger partial charge in [-0.25, -0.2) is 0 Å². The zero-order chi connectivity index (χ0) is 22.0. The summed E-state index contributed by atoms with van der Waals surface area (Å²) in [5.41, 5.74) is 0. The van der Waals surface area contributed by atoms with E-state index in [-0.39, 0.29) is 6.10 Å². The number of aliphatic hydroxyl groups is 2. The molecule has 0 aliphatic carbocycles. The van der Waals surface area contributed by atoms with Crippen LogP contribution in [0.25, 0.3) is 0 Å². The van der Waals surface area contributed by atoms with E-state index in [1.165, 1.54) is 19.3 Å². The molecule has 0 radical (unpaired) electrons. The Morgan fingerprint density at radius 2 is 1.16 bits per heavy atom. The van der Waals surface area contributed by atoms with Crippen LogP contribution in [0.15, 0.2) is 60.7 Å². The van der Waals surface area contributed by atoms with Crippen molar-refractivity contribution in [3.63, 3.8) is 0 Å². The van der Waals surface area contributed by atoms with Gasteiger partial charge in [-0.05, 0) is 49.9 Å². The number of rotatable bonds is 18. The second kappa shape index (κ2) is 16.6. The first-order valence-electron chi connectivity index (χ1n) is 11.6. The van der Waals surface area contributed by atoms with Crippen LogP contribution in [0.4, 0.5) is 0 Å². The molecular formula is C25H40N2O4+2. The van der Waals surface area contributed by atoms with Gasteiger partial charge >= 0.3 is 0 Å². The minimum Gasteiger partial charge on any atom is -0.493 e. The lowest BCUT2D eigenvalue weighted by Gasteiger charge is -2.11. The zero-order valence-electron chi connectivity index (χ0n) is 18.6. The van der Waals surface area contributed by atoms with Crippen LogP contribution in [0.2, 0.25) is 0 Å². The summed E-state index contributed by atoms with van der Waals surface area (Å²) in [6, 6.07) is 19.3. The molecule has 0 heterocycles. The fourth-order valence-corrected chi connectivity index (χ4v) is 3.28. The van der Waals surface area contributed by atoms with Gasteiger partial charge in [-0.15, -0.1) is 0 Å². The summed E-state index contributed by atoms with van der Waals surface area (Å²) in [6.07, 6.45) is 4.62. The highest BCUT2D eigenvalue weighted by atomic mass is 16.5. The maximum Gasteiger partial charge on any atom is 0.137 e. The smallest absolute Gasteiger partial charge is 0.137 e. The highest BCUT2D eigenvalue weighted by Gasteiger charge is 2.08. The summed E-state index contributed by atoms with van der Waals surface area (Å²) >= 11 is 0. The SMILES string of the molecule is O[C@H](C[NH2+]CCCCCC[NH2+]C[C@@H](O)CCOc1ccccc1)COc1ccccc1. The van der Waals surface area contributed by atoms with Crippen molar-refractivity contribution in [2.24, 2.45) is 0 Å². The molecule has 31 heavy (non-hydrogen) atoms. The highest BCUT2D eigenvalue weighted by Crippen LogP contribution is 2.09. The average molecular weight is 433 g/mol. The number of hydrogen-bond acceptors (Lipinski definition) is 4. The largest absolute Gasteiger partial charge is 0.493 e. The van der Waals surface area contributed by atoms with Crippen molar-refractivity contribution >= 4 is 0 Å². The normalized spacial score (nSPS) is 13.0. The Kier molecular flexibility index (Phi) is 13.4. The van der Waals surface area contributed by atoms with Gasteiger partial charge in [0, 0.05) is 6.42 Å². The lowest BCUT2D eigenvalue weighted by molar-refractivity contribution is -0.662. The Hall–Kier alpha value is -2.12. The van der Waals surface area contributed by atoms with Crippen LogP contribution in [-0.2, 0) is 0 Å². The maximum atomic E-state index is 10.0. The second-order valence-electron chi connectivity index (χ2n) is 7.92. The molecule has 2 atom stereocenters. The number of hydrogen-bond donors (Lipinski definition) is 4. The van der Waals surface area contributed by atoms with E-state index < -0.39 is 6.10 Å². The minimum atomic E-state index is -0.445. The third-order valence-corrected chi connectivity index (χ3v) is 5.09. The van der Waals surface area contributed by atoms with E-state index in [1.807, 2.05) is 60.7 Å². The molecule has 2 aromatic rings. The molecule has 2 rings (SSSR count). The molecule has 6 heteroatoms. The van der Waals surface area contributed by atoms with Gasteiger partial charge in [0.1, 0.15) is 43.4 Å². The summed E-state index contributed by atoms with van der Waals surface area (Å²) < 4.78 is 11.2. The number of quaternary nitrogens is 2. The van der Waals surface area contributed by atoms with Crippen molar-refractivity contribution in [3.05, 3.63) is 60.7 Å². The van der Waals surface area contributed by atoms with E-state index >= 15 is 0 Å². The third-order valence-electron chi connectivity index (χ3n) is 5.09. The Morgan fingerprint density at radius 1 is 0.645 bits per heavy atom. The second-order valence-corrected chi connectivity index (χ2v) is 7.92. The van der Waals surface area contributed by atoms with Crippen LogP contribution in [0.5, 0.6) is 11.5 Å².